The van der Waals surface area contributed by atoms with Crippen LogP contribution in [0.5, 0.6) is 0 Å². The fraction of sp³-hybridized carbons (Fsp3) is 0.750. The monoisotopic (exact) mass is 222 g/mol. The topological polar surface area (TPSA) is 74.6 Å². The summed E-state index contributed by atoms with van der Waals surface area (Å²) < 4.78 is 0. The predicted molar refractivity (Wildman–Crippen MR) is 45.1 cm³/mol. The molecule has 0 fully saturated rings. The number of rotatable bonds is 4. The Morgan fingerprint density at radius 2 is 1.57 bits per heavy atom. The molecular formula is C8H16KLiO4. The van der Waals surface area contributed by atoms with Crippen LogP contribution < -0.4 is 70.2 Å². The van der Waals surface area contributed by atoms with Crippen molar-refractivity contribution >= 4 is 11.9 Å². The van der Waals surface area contributed by atoms with Gasteiger partial charge < -0.3 is 13.1 Å². The molecule has 6 heteroatoms. The minimum atomic E-state index is -1.63. The van der Waals surface area contributed by atoms with E-state index in [-0.39, 0.29) is 79.5 Å². The first kappa shape index (κ1) is 20.6. The maximum Gasteiger partial charge on any atom is 1.00 e. The number of aliphatic carboxylic acids is 2. The molecule has 0 aliphatic carbocycles. The Morgan fingerprint density at radius 3 is 1.57 bits per heavy atom. The minimum Gasteiger partial charge on any atom is -1.00 e. The van der Waals surface area contributed by atoms with Crippen molar-refractivity contribution in [2.24, 2.45) is 11.3 Å². The normalized spacial score (nSPS) is 10.0. The van der Waals surface area contributed by atoms with Crippen LogP contribution in [0.1, 0.15) is 30.0 Å². The van der Waals surface area contributed by atoms with Gasteiger partial charge in [-0.25, -0.2) is 0 Å². The second kappa shape index (κ2) is 8.34. The van der Waals surface area contributed by atoms with E-state index in [2.05, 4.69) is 0 Å². The average molecular weight is 222 g/mol. The van der Waals surface area contributed by atoms with Gasteiger partial charge in [0.15, 0.2) is 5.41 Å². The molecule has 0 unspecified atom stereocenters. The fourth-order valence-corrected chi connectivity index (χ4v) is 1.30. The fourth-order valence-electron chi connectivity index (χ4n) is 1.30. The smallest absolute Gasteiger partial charge is 1.00 e. The molecule has 0 heterocycles. The van der Waals surface area contributed by atoms with E-state index < -0.39 is 23.3 Å². The summed E-state index contributed by atoms with van der Waals surface area (Å²) in [6.45, 7) is 4.78. The number of carboxylic acids is 2. The standard InChI is InChI=1S/C8H14O4.K.Li.2H/c1-4-8(5(2)3,6(9)10)7(11)12;;;;/h5H,4H2,1-3H3,(H,9,10)(H,11,12);;;;/q;2*+1;2*-1. The van der Waals surface area contributed by atoms with Crippen molar-refractivity contribution in [3.8, 4) is 0 Å². The van der Waals surface area contributed by atoms with Crippen LogP contribution in [0.25, 0.3) is 0 Å². The molecule has 2 N–H and O–H groups in total. The third-order valence-corrected chi connectivity index (χ3v) is 2.31. The Hall–Kier alpha value is 1.17. The van der Waals surface area contributed by atoms with Crippen molar-refractivity contribution in [1.82, 2.24) is 0 Å². The van der Waals surface area contributed by atoms with Crippen LogP contribution in [0, 0.1) is 11.3 Å². The first-order valence-corrected chi connectivity index (χ1v) is 3.86. The molecule has 0 radical (unpaired) electrons. The summed E-state index contributed by atoms with van der Waals surface area (Å²) in [7, 11) is 0. The third kappa shape index (κ3) is 3.97. The second-order valence-electron chi connectivity index (χ2n) is 3.09. The van der Waals surface area contributed by atoms with E-state index in [1.54, 1.807) is 20.8 Å². The molecule has 0 aliphatic rings. The molecule has 14 heavy (non-hydrogen) atoms. The third-order valence-electron chi connectivity index (χ3n) is 2.31. The number of carboxylic acid groups (broad SMARTS) is 2. The van der Waals surface area contributed by atoms with Gasteiger partial charge in [0.1, 0.15) is 0 Å². The predicted octanol–water partition coefficient (Wildman–Crippen LogP) is -4.56. The van der Waals surface area contributed by atoms with Crippen LogP contribution >= 0.6 is 0 Å². The van der Waals surface area contributed by atoms with Crippen LogP contribution in [0.4, 0.5) is 0 Å². The number of hydrogen-bond donors (Lipinski definition) is 2. The van der Waals surface area contributed by atoms with E-state index in [0.29, 0.717) is 0 Å². The number of hydrogen-bond acceptors (Lipinski definition) is 2. The first-order chi connectivity index (χ1) is 5.39. The van der Waals surface area contributed by atoms with E-state index in [1.807, 2.05) is 0 Å². The summed E-state index contributed by atoms with van der Waals surface area (Å²) in [6, 6.07) is 0. The molecule has 0 aromatic heterocycles. The van der Waals surface area contributed by atoms with Gasteiger partial charge in [0.05, 0.1) is 0 Å². The molecule has 0 aliphatic heterocycles. The zero-order valence-corrected chi connectivity index (χ0v) is 12.6. The molecule has 0 aromatic carbocycles. The van der Waals surface area contributed by atoms with Gasteiger partial charge >= 0.3 is 82.2 Å². The van der Waals surface area contributed by atoms with Gasteiger partial charge in [0, 0.05) is 0 Å². The SMILES string of the molecule is CCC(C(=O)O)(C(=O)O)C(C)C.[H-].[H-].[K+].[Li+]. The Bertz CT molecular complexity index is 200. The quantitative estimate of drug-likeness (QED) is 0.371. The van der Waals surface area contributed by atoms with E-state index in [0.717, 1.165) is 0 Å². The number of carbonyl (C=O) groups is 2. The Kier molecular flexibility index (Phi) is 12.3. The minimum absolute atomic E-state index is 0. The van der Waals surface area contributed by atoms with Crippen molar-refractivity contribution in [3.05, 3.63) is 0 Å². The van der Waals surface area contributed by atoms with Crippen molar-refractivity contribution in [3.63, 3.8) is 0 Å². The molecule has 4 nitrogen and oxygen atoms in total. The average Bonchev–Trinajstić information content (AvgIpc) is 1.86. The molecule has 0 rings (SSSR count). The van der Waals surface area contributed by atoms with Gasteiger partial charge in [-0.05, 0) is 12.3 Å². The Labute approximate surface area is 141 Å². The van der Waals surface area contributed by atoms with Crippen LogP contribution in [-0.2, 0) is 9.59 Å². The molecule has 0 saturated heterocycles. The zero-order valence-electron chi connectivity index (χ0n) is 11.5. The molecule has 74 valence electrons. The van der Waals surface area contributed by atoms with Gasteiger partial charge in [-0.15, -0.1) is 0 Å². The van der Waals surface area contributed by atoms with Crippen molar-refractivity contribution in [1.29, 1.82) is 0 Å². The van der Waals surface area contributed by atoms with E-state index >= 15 is 0 Å². The summed E-state index contributed by atoms with van der Waals surface area (Å²) in [5.74, 6) is -2.92. The Balaban J connectivity index is -0.000000101. The molecule has 0 amide bonds. The van der Waals surface area contributed by atoms with Gasteiger partial charge in [-0.1, -0.05) is 20.8 Å². The van der Waals surface area contributed by atoms with Gasteiger partial charge in [0.2, 0.25) is 0 Å². The molecule has 0 aromatic rings. The van der Waals surface area contributed by atoms with E-state index in [1.165, 1.54) is 0 Å². The van der Waals surface area contributed by atoms with Gasteiger partial charge in [-0.3, -0.25) is 9.59 Å². The first-order valence-electron chi connectivity index (χ1n) is 3.86. The Morgan fingerprint density at radius 1 is 1.29 bits per heavy atom. The van der Waals surface area contributed by atoms with Crippen molar-refractivity contribution in [2.45, 2.75) is 27.2 Å². The second-order valence-corrected chi connectivity index (χ2v) is 3.09. The van der Waals surface area contributed by atoms with E-state index in [4.69, 9.17) is 10.2 Å². The van der Waals surface area contributed by atoms with Gasteiger partial charge in [0.25, 0.3) is 0 Å². The molecule has 0 bridgehead atoms. The van der Waals surface area contributed by atoms with Crippen molar-refractivity contribution < 1.29 is 92.9 Å². The molecular weight excluding hydrogens is 206 g/mol. The van der Waals surface area contributed by atoms with Crippen LogP contribution in [0.15, 0.2) is 0 Å². The van der Waals surface area contributed by atoms with E-state index in [9.17, 15) is 9.59 Å². The largest absolute Gasteiger partial charge is 1.00 e. The molecule has 0 saturated carbocycles. The van der Waals surface area contributed by atoms with Crippen LogP contribution in [0.3, 0.4) is 0 Å². The van der Waals surface area contributed by atoms with Crippen molar-refractivity contribution in [2.75, 3.05) is 0 Å². The van der Waals surface area contributed by atoms with Gasteiger partial charge in [-0.2, -0.15) is 0 Å². The summed E-state index contributed by atoms with van der Waals surface area (Å²) >= 11 is 0. The van der Waals surface area contributed by atoms with Crippen LogP contribution in [0.2, 0.25) is 0 Å². The summed E-state index contributed by atoms with van der Waals surface area (Å²) in [5.41, 5.74) is -1.63. The summed E-state index contributed by atoms with van der Waals surface area (Å²) in [5, 5.41) is 17.6. The summed E-state index contributed by atoms with van der Waals surface area (Å²) in [6.07, 6.45) is 0.106. The zero-order chi connectivity index (χ0) is 9.94. The van der Waals surface area contributed by atoms with Crippen LogP contribution in [-0.4, -0.2) is 22.2 Å². The molecule has 0 spiro atoms. The maximum absolute atomic E-state index is 10.8. The summed E-state index contributed by atoms with van der Waals surface area (Å²) in [4.78, 5) is 21.5. The maximum atomic E-state index is 10.8. The molecule has 0 atom stereocenters.